The van der Waals surface area contributed by atoms with Crippen LogP contribution in [0.4, 0.5) is 5.69 Å². The monoisotopic (exact) mass is 291 g/mol. The highest BCUT2D eigenvalue weighted by Crippen LogP contribution is 2.23. The number of rotatable bonds is 3. The molecule has 0 N–H and O–H groups in total. The number of carbonyl (C=O) groups excluding carboxylic acids is 1. The summed E-state index contributed by atoms with van der Waals surface area (Å²) in [6, 6.07) is 10.1. The number of hydrogen-bond acceptors (Lipinski definition) is 4. The average molecular weight is 292 g/mol. The van der Waals surface area contributed by atoms with E-state index in [-0.39, 0.29) is 11.3 Å². The van der Waals surface area contributed by atoms with Crippen molar-refractivity contribution < 1.29 is 14.5 Å². The minimum Gasteiger partial charge on any atom is -0.423 e. The first-order chi connectivity index (χ1) is 9.47. The van der Waals surface area contributed by atoms with Crippen LogP contribution in [0.5, 0.6) is 5.75 Å². The molecule has 2 aromatic carbocycles. The Morgan fingerprint density at radius 2 is 1.85 bits per heavy atom. The molecule has 2 aromatic rings. The summed E-state index contributed by atoms with van der Waals surface area (Å²) in [7, 11) is 0. The fraction of sp³-hybridized carbons (Fsp3) is 0.0714. The Hall–Kier alpha value is -2.40. The second kappa shape index (κ2) is 5.71. The van der Waals surface area contributed by atoms with Gasteiger partial charge in [-0.05, 0) is 42.8 Å². The van der Waals surface area contributed by atoms with Crippen molar-refractivity contribution in [2.45, 2.75) is 6.92 Å². The third-order valence-electron chi connectivity index (χ3n) is 2.65. The molecule has 0 aromatic heterocycles. The minimum absolute atomic E-state index is 0.0794. The molecule has 5 nitrogen and oxygen atoms in total. The summed E-state index contributed by atoms with van der Waals surface area (Å²) in [5.41, 5.74) is 0.891. The van der Waals surface area contributed by atoms with Gasteiger partial charge in [0, 0.05) is 17.2 Å². The maximum absolute atomic E-state index is 11.9. The van der Waals surface area contributed by atoms with Gasteiger partial charge in [-0.1, -0.05) is 11.6 Å². The van der Waals surface area contributed by atoms with Crippen LogP contribution in [0.2, 0.25) is 5.02 Å². The predicted octanol–water partition coefficient (Wildman–Crippen LogP) is 3.78. The number of ether oxygens (including phenoxy) is 1. The first kappa shape index (κ1) is 14.0. The quantitative estimate of drug-likeness (QED) is 0.373. The highest BCUT2D eigenvalue weighted by molar-refractivity contribution is 6.30. The van der Waals surface area contributed by atoms with Crippen LogP contribution in [-0.2, 0) is 0 Å². The van der Waals surface area contributed by atoms with Gasteiger partial charge in [-0.15, -0.1) is 0 Å². The number of nitro benzene ring substituents is 1. The summed E-state index contributed by atoms with van der Waals surface area (Å²) in [5.74, 6) is -0.178. The van der Waals surface area contributed by atoms with Gasteiger partial charge in [0.05, 0.1) is 10.5 Å². The lowest BCUT2D eigenvalue weighted by Crippen LogP contribution is -2.09. The van der Waals surface area contributed by atoms with E-state index in [1.165, 1.54) is 24.3 Å². The van der Waals surface area contributed by atoms with Crippen molar-refractivity contribution in [3.8, 4) is 5.75 Å². The molecule has 0 saturated heterocycles. The van der Waals surface area contributed by atoms with Crippen LogP contribution >= 0.6 is 11.6 Å². The number of hydrogen-bond donors (Lipinski definition) is 0. The van der Waals surface area contributed by atoms with Gasteiger partial charge in [0.1, 0.15) is 5.75 Å². The Bertz CT molecular complexity index is 667. The number of aryl methyl sites for hydroxylation is 1. The zero-order valence-corrected chi connectivity index (χ0v) is 11.3. The van der Waals surface area contributed by atoms with Gasteiger partial charge in [-0.25, -0.2) is 4.79 Å². The van der Waals surface area contributed by atoms with E-state index in [1.54, 1.807) is 25.1 Å². The van der Waals surface area contributed by atoms with Gasteiger partial charge in [-0.3, -0.25) is 10.1 Å². The third kappa shape index (κ3) is 3.13. The second-order valence-electron chi connectivity index (χ2n) is 4.10. The molecule has 0 unspecified atom stereocenters. The first-order valence-corrected chi connectivity index (χ1v) is 6.08. The highest BCUT2D eigenvalue weighted by Gasteiger charge is 2.12. The van der Waals surface area contributed by atoms with E-state index in [2.05, 4.69) is 0 Å². The maximum atomic E-state index is 11.9. The lowest BCUT2D eigenvalue weighted by molar-refractivity contribution is -0.384. The second-order valence-corrected chi connectivity index (χ2v) is 4.54. The molecule has 2 rings (SSSR count). The van der Waals surface area contributed by atoms with Crippen LogP contribution in [0.3, 0.4) is 0 Å². The number of nitro groups is 1. The average Bonchev–Trinajstić information content (AvgIpc) is 2.42. The zero-order valence-electron chi connectivity index (χ0n) is 10.5. The maximum Gasteiger partial charge on any atom is 0.343 e. The first-order valence-electron chi connectivity index (χ1n) is 5.70. The van der Waals surface area contributed by atoms with Crippen molar-refractivity contribution in [3.05, 3.63) is 68.7 Å². The Morgan fingerprint density at radius 1 is 1.20 bits per heavy atom. The Morgan fingerprint density at radius 3 is 2.40 bits per heavy atom. The molecule has 0 aliphatic heterocycles. The summed E-state index contributed by atoms with van der Waals surface area (Å²) < 4.78 is 5.22. The standard InChI is InChI=1S/C14H10ClNO4/c1-9-8-11(15)4-7-13(9)20-14(17)10-2-5-12(6-3-10)16(18)19/h2-8H,1H3. The summed E-state index contributed by atoms with van der Waals surface area (Å²) in [5, 5.41) is 11.1. The molecule has 0 heterocycles. The molecule has 20 heavy (non-hydrogen) atoms. The van der Waals surface area contributed by atoms with E-state index in [1.807, 2.05) is 0 Å². The molecule has 0 spiro atoms. The van der Waals surface area contributed by atoms with Gasteiger partial charge in [0.2, 0.25) is 0 Å². The third-order valence-corrected chi connectivity index (χ3v) is 2.89. The molecule has 0 aliphatic rings. The molecule has 0 fully saturated rings. The molecular formula is C14H10ClNO4. The Kier molecular flexibility index (Phi) is 4.00. The normalized spacial score (nSPS) is 10.1. The predicted molar refractivity (Wildman–Crippen MR) is 74.2 cm³/mol. The van der Waals surface area contributed by atoms with Crippen molar-refractivity contribution in [3.63, 3.8) is 0 Å². The largest absolute Gasteiger partial charge is 0.423 e. The van der Waals surface area contributed by atoms with Gasteiger partial charge < -0.3 is 4.74 Å². The van der Waals surface area contributed by atoms with Crippen molar-refractivity contribution in [1.29, 1.82) is 0 Å². The van der Waals surface area contributed by atoms with Crippen molar-refractivity contribution in [2.24, 2.45) is 0 Å². The zero-order chi connectivity index (χ0) is 14.7. The topological polar surface area (TPSA) is 69.4 Å². The van der Waals surface area contributed by atoms with E-state index in [0.29, 0.717) is 10.8 Å². The van der Waals surface area contributed by atoms with Crippen molar-refractivity contribution in [2.75, 3.05) is 0 Å². The number of non-ortho nitro benzene ring substituents is 1. The number of halogens is 1. The van der Waals surface area contributed by atoms with Crippen molar-refractivity contribution >= 4 is 23.3 Å². The number of benzene rings is 2. The van der Waals surface area contributed by atoms with E-state index >= 15 is 0 Å². The summed E-state index contributed by atoms with van der Waals surface area (Å²) in [4.78, 5) is 21.9. The fourth-order valence-corrected chi connectivity index (χ4v) is 1.83. The van der Waals surface area contributed by atoms with Gasteiger partial charge in [0.15, 0.2) is 0 Å². The molecule has 0 bridgehead atoms. The van der Waals surface area contributed by atoms with Gasteiger partial charge >= 0.3 is 5.97 Å². The summed E-state index contributed by atoms with van der Waals surface area (Å²) in [6.07, 6.45) is 0. The molecule has 102 valence electrons. The SMILES string of the molecule is Cc1cc(Cl)ccc1OC(=O)c1ccc([N+](=O)[O-])cc1. The van der Waals surface area contributed by atoms with E-state index in [9.17, 15) is 14.9 Å². The lowest BCUT2D eigenvalue weighted by Gasteiger charge is -2.07. The van der Waals surface area contributed by atoms with Crippen LogP contribution in [0.1, 0.15) is 15.9 Å². The summed E-state index contributed by atoms with van der Waals surface area (Å²) >= 11 is 5.81. The van der Waals surface area contributed by atoms with Crippen LogP contribution in [-0.4, -0.2) is 10.9 Å². The molecular weight excluding hydrogens is 282 g/mol. The Labute approximate surface area is 119 Å². The number of carbonyl (C=O) groups is 1. The van der Waals surface area contributed by atoms with Crippen LogP contribution in [0.25, 0.3) is 0 Å². The number of esters is 1. The number of nitrogens with zero attached hydrogens (tertiary/aromatic N) is 1. The molecule has 0 radical (unpaired) electrons. The van der Waals surface area contributed by atoms with Crippen LogP contribution in [0.15, 0.2) is 42.5 Å². The molecule has 0 amide bonds. The van der Waals surface area contributed by atoms with E-state index in [4.69, 9.17) is 16.3 Å². The molecule has 0 atom stereocenters. The van der Waals surface area contributed by atoms with Crippen LogP contribution < -0.4 is 4.74 Å². The summed E-state index contributed by atoms with van der Waals surface area (Å²) in [6.45, 7) is 1.77. The van der Waals surface area contributed by atoms with Crippen LogP contribution in [0, 0.1) is 17.0 Å². The van der Waals surface area contributed by atoms with E-state index < -0.39 is 10.9 Å². The lowest BCUT2D eigenvalue weighted by atomic mass is 10.2. The smallest absolute Gasteiger partial charge is 0.343 e. The highest BCUT2D eigenvalue weighted by atomic mass is 35.5. The minimum atomic E-state index is -0.578. The fourth-order valence-electron chi connectivity index (χ4n) is 1.61. The molecule has 0 saturated carbocycles. The van der Waals surface area contributed by atoms with Gasteiger partial charge in [-0.2, -0.15) is 0 Å². The van der Waals surface area contributed by atoms with Gasteiger partial charge in [0.25, 0.3) is 5.69 Å². The Balaban J connectivity index is 2.17. The van der Waals surface area contributed by atoms with E-state index in [0.717, 1.165) is 5.56 Å². The molecule has 6 heteroatoms. The molecule has 0 aliphatic carbocycles. The van der Waals surface area contributed by atoms with Crippen molar-refractivity contribution in [1.82, 2.24) is 0 Å².